The predicted octanol–water partition coefficient (Wildman–Crippen LogP) is 1.72. The minimum Gasteiger partial charge on any atom is -0.486 e. The molecule has 4 amide bonds. The summed E-state index contributed by atoms with van der Waals surface area (Å²) in [4.78, 5) is 38.7. The maximum absolute atomic E-state index is 13.0. The highest BCUT2D eigenvalue weighted by Gasteiger charge is 2.49. The SMILES string of the molecule is CC1(c2ccc3c(c2)OCCO3)NC(=O)N(CC(=O)NCCc2ccc(F)cc2)C1=O. The number of nitrogens with one attached hydrogen (secondary N) is 2. The number of hydrogen-bond acceptors (Lipinski definition) is 5. The normalized spacial score (nSPS) is 19.9. The molecular formula is C22H22FN3O5. The average molecular weight is 427 g/mol. The third-order valence-electron chi connectivity index (χ3n) is 5.35. The first-order valence-corrected chi connectivity index (χ1v) is 9.92. The van der Waals surface area contributed by atoms with E-state index in [9.17, 15) is 18.8 Å². The van der Waals surface area contributed by atoms with Crippen LogP contribution in [0.2, 0.25) is 0 Å². The Morgan fingerprint density at radius 3 is 2.58 bits per heavy atom. The summed E-state index contributed by atoms with van der Waals surface area (Å²) in [5.74, 6) is -0.232. The fourth-order valence-corrected chi connectivity index (χ4v) is 3.59. The molecule has 0 saturated carbocycles. The summed E-state index contributed by atoms with van der Waals surface area (Å²) >= 11 is 0. The van der Waals surface area contributed by atoms with Gasteiger partial charge in [0.1, 0.15) is 31.1 Å². The van der Waals surface area contributed by atoms with Crippen LogP contribution in [0.5, 0.6) is 11.5 Å². The van der Waals surface area contributed by atoms with Gasteiger partial charge in [-0.15, -0.1) is 0 Å². The summed E-state index contributed by atoms with van der Waals surface area (Å²) in [6.07, 6.45) is 0.501. The number of rotatable bonds is 6. The number of urea groups is 1. The number of hydrogen-bond donors (Lipinski definition) is 2. The zero-order chi connectivity index (χ0) is 22.0. The number of amides is 4. The van der Waals surface area contributed by atoms with Crippen LogP contribution >= 0.6 is 0 Å². The van der Waals surface area contributed by atoms with Crippen molar-refractivity contribution in [2.24, 2.45) is 0 Å². The van der Waals surface area contributed by atoms with Gasteiger partial charge in [-0.05, 0) is 48.7 Å². The van der Waals surface area contributed by atoms with Gasteiger partial charge in [0.15, 0.2) is 11.5 Å². The monoisotopic (exact) mass is 427 g/mol. The van der Waals surface area contributed by atoms with Crippen LogP contribution < -0.4 is 20.1 Å². The summed E-state index contributed by atoms with van der Waals surface area (Å²) in [7, 11) is 0. The number of benzene rings is 2. The molecule has 1 fully saturated rings. The summed E-state index contributed by atoms with van der Waals surface area (Å²) in [5.41, 5.74) is 0.0820. The Hall–Kier alpha value is -3.62. The van der Waals surface area contributed by atoms with E-state index in [4.69, 9.17) is 9.47 Å². The standard InChI is InChI=1S/C22H22FN3O5/c1-22(15-4-7-17-18(12-15)31-11-10-30-17)20(28)26(21(29)25-22)13-19(27)24-9-8-14-2-5-16(23)6-3-14/h2-7,12H,8-11,13H2,1H3,(H,24,27)(H,25,29). The van der Waals surface area contributed by atoms with Crippen LogP contribution in [-0.2, 0) is 21.5 Å². The molecule has 1 atom stereocenters. The molecule has 0 aromatic heterocycles. The zero-order valence-corrected chi connectivity index (χ0v) is 16.9. The van der Waals surface area contributed by atoms with E-state index in [1.54, 1.807) is 37.3 Å². The van der Waals surface area contributed by atoms with Crippen LogP contribution in [0.4, 0.5) is 9.18 Å². The van der Waals surface area contributed by atoms with Crippen molar-refractivity contribution in [1.82, 2.24) is 15.5 Å². The average Bonchev–Trinajstić information content (AvgIpc) is 2.98. The second-order valence-corrected chi connectivity index (χ2v) is 7.53. The number of carbonyl (C=O) groups excluding carboxylic acids is 3. The Labute approximate surface area is 178 Å². The molecule has 2 aliphatic heterocycles. The van der Waals surface area contributed by atoms with Crippen molar-refractivity contribution >= 4 is 17.8 Å². The summed E-state index contributed by atoms with van der Waals surface area (Å²) in [6, 6.07) is 10.4. The highest BCUT2D eigenvalue weighted by atomic mass is 19.1. The minimum atomic E-state index is -1.32. The van der Waals surface area contributed by atoms with Gasteiger partial charge in [0.2, 0.25) is 5.91 Å². The molecular weight excluding hydrogens is 405 g/mol. The van der Waals surface area contributed by atoms with Crippen molar-refractivity contribution < 1.29 is 28.2 Å². The van der Waals surface area contributed by atoms with Crippen LogP contribution in [0.25, 0.3) is 0 Å². The first-order valence-electron chi connectivity index (χ1n) is 9.92. The third kappa shape index (κ3) is 4.16. The summed E-state index contributed by atoms with van der Waals surface area (Å²) < 4.78 is 24.0. The number of nitrogens with zero attached hydrogens (tertiary/aromatic N) is 1. The van der Waals surface area contributed by atoms with Gasteiger partial charge >= 0.3 is 6.03 Å². The predicted molar refractivity (Wildman–Crippen MR) is 108 cm³/mol. The van der Waals surface area contributed by atoms with Crippen LogP contribution in [0.3, 0.4) is 0 Å². The van der Waals surface area contributed by atoms with Gasteiger partial charge in [0.25, 0.3) is 5.91 Å². The van der Waals surface area contributed by atoms with Gasteiger partial charge in [0.05, 0.1) is 0 Å². The maximum atomic E-state index is 13.0. The Kier molecular flexibility index (Phi) is 5.50. The van der Waals surface area contributed by atoms with Crippen LogP contribution in [0.15, 0.2) is 42.5 Å². The molecule has 2 aromatic carbocycles. The van der Waals surface area contributed by atoms with E-state index in [-0.39, 0.29) is 5.82 Å². The van der Waals surface area contributed by atoms with E-state index >= 15 is 0 Å². The van der Waals surface area contributed by atoms with Crippen molar-refractivity contribution in [2.75, 3.05) is 26.3 Å². The number of halogens is 1. The summed E-state index contributed by atoms with van der Waals surface area (Å²) in [5, 5.41) is 5.35. The Balaban J connectivity index is 1.38. The van der Waals surface area contributed by atoms with Crippen molar-refractivity contribution in [3.8, 4) is 11.5 Å². The Morgan fingerprint density at radius 2 is 1.84 bits per heavy atom. The van der Waals surface area contributed by atoms with E-state index < -0.39 is 29.9 Å². The van der Waals surface area contributed by atoms with Crippen molar-refractivity contribution in [1.29, 1.82) is 0 Å². The van der Waals surface area contributed by atoms with Crippen LogP contribution in [0, 0.1) is 5.82 Å². The Morgan fingerprint density at radius 1 is 1.13 bits per heavy atom. The van der Waals surface area contributed by atoms with Crippen LogP contribution in [-0.4, -0.2) is 49.0 Å². The molecule has 0 bridgehead atoms. The van der Waals surface area contributed by atoms with E-state index in [0.717, 1.165) is 10.5 Å². The highest BCUT2D eigenvalue weighted by Crippen LogP contribution is 2.36. The van der Waals surface area contributed by atoms with E-state index in [1.807, 2.05) is 0 Å². The van der Waals surface area contributed by atoms with Gasteiger partial charge in [-0.1, -0.05) is 18.2 Å². The Bertz CT molecular complexity index is 1030. The van der Waals surface area contributed by atoms with E-state index in [2.05, 4.69) is 10.6 Å². The number of imide groups is 1. The lowest BCUT2D eigenvalue weighted by Crippen LogP contribution is -2.43. The molecule has 31 heavy (non-hydrogen) atoms. The van der Waals surface area contributed by atoms with Gasteiger partial charge in [-0.3, -0.25) is 14.5 Å². The second kappa shape index (κ2) is 8.25. The highest BCUT2D eigenvalue weighted by molar-refractivity contribution is 6.09. The molecule has 2 aliphatic rings. The number of ether oxygens (including phenoxy) is 2. The smallest absolute Gasteiger partial charge is 0.325 e. The molecule has 1 saturated heterocycles. The molecule has 1 unspecified atom stereocenters. The van der Waals surface area contributed by atoms with Crippen molar-refractivity contribution in [2.45, 2.75) is 18.9 Å². The largest absolute Gasteiger partial charge is 0.486 e. The topological polar surface area (TPSA) is 97.0 Å². The minimum absolute atomic E-state index is 0.299. The van der Waals surface area contributed by atoms with E-state index in [0.29, 0.717) is 43.2 Å². The molecule has 4 rings (SSSR count). The van der Waals surface area contributed by atoms with Gasteiger partial charge < -0.3 is 20.1 Å². The van der Waals surface area contributed by atoms with Crippen molar-refractivity contribution in [3.05, 3.63) is 59.4 Å². The quantitative estimate of drug-likeness (QED) is 0.685. The second-order valence-electron chi connectivity index (χ2n) is 7.53. The lowest BCUT2D eigenvalue weighted by molar-refractivity contribution is -0.134. The zero-order valence-electron chi connectivity index (χ0n) is 16.9. The molecule has 0 aliphatic carbocycles. The maximum Gasteiger partial charge on any atom is 0.325 e. The molecule has 8 nitrogen and oxygen atoms in total. The summed E-state index contributed by atoms with van der Waals surface area (Å²) in [6.45, 7) is 2.34. The lowest BCUT2D eigenvalue weighted by atomic mass is 9.91. The lowest BCUT2D eigenvalue weighted by Gasteiger charge is -2.25. The van der Waals surface area contributed by atoms with Gasteiger partial charge in [0, 0.05) is 6.54 Å². The molecule has 0 radical (unpaired) electrons. The molecule has 162 valence electrons. The molecule has 2 aromatic rings. The molecule has 9 heteroatoms. The van der Waals surface area contributed by atoms with Crippen LogP contribution in [0.1, 0.15) is 18.1 Å². The molecule has 0 spiro atoms. The fraction of sp³-hybridized carbons (Fsp3) is 0.318. The first kappa shape index (κ1) is 20.6. The number of carbonyl (C=O) groups is 3. The fourth-order valence-electron chi connectivity index (χ4n) is 3.59. The third-order valence-corrected chi connectivity index (χ3v) is 5.35. The first-order chi connectivity index (χ1) is 14.9. The number of fused-ring (bicyclic) bond motifs is 1. The van der Waals surface area contributed by atoms with Crippen molar-refractivity contribution in [3.63, 3.8) is 0 Å². The van der Waals surface area contributed by atoms with E-state index in [1.165, 1.54) is 12.1 Å². The molecule has 2 heterocycles. The van der Waals surface area contributed by atoms with Gasteiger partial charge in [-0.2, -0.15) is 0 Å². The van der Waals surface area contributed by atoms with Gasteiger partial charge in [-0.25, -0.2) is 9.18 Å². The molecule has 2 N–H and O–H groups in total.